The molecule has 1 aromatic carbocycles. The SMILES string of the molecule is NC(=O)c1cccc(N2CCc3c(-c4cnc(N)nc4)nc(N4CCOCC4)nc32)c1. The first-order valence-electron chi connectivity index (χ1n) is 10.1. The second-order valence-corrected chi connectivity index (χ2v) is 7.42. The number of nitrogen functional groups attached to an aromatic ring is 1. The topological polar surface area (TPSA) is 136 Å². The van der Waals surface area contributed by atoms with Gasteiger partial charge in [-0.2, -0.15) is 4.98 Å². The molecule has 0 unspecified atom stereocenters. The number of amides is 1. The zero-order chi connectivity index (χ0) is 21.4. The molecule has 4 heterocycles. The molecule has 2 aromatic heterocycles. The van der Waals surface area contributed by atoms with E-state index in [4.69, 9.17) is 26.2 Å². The van der Waals surface area contributed by atoms with Crippen LogP contribution >= 0.6 is 0 Å². The Kier molecular flexibility index (Phi) is 4.83. The van der Waals surface area contributed by atoms with Gasteiger partial charge >= 0.3 is 0 Å². The van der Waals surface area contributed by atoms with E-state index in [0.29, 0.717) is 44.4 Å². The van der Waals surface area contributed by atoms with Crippen molar-refractivity contribution in [1.29, 1.82) is 0 Å². The van der Waals surface area contributed by atoms with E-state index in [1.807, 2.05) is 12.1 Å². The number of nitrogens with zero attached hydrogens (tertiary/aromatic N) is 6. The van der Waals surface area contributed by atoms with Crippen molar-refractivity contribution in [3.8, 4) is 11.3 Å². The Bertz CT molecular complexity index is 1130. The number of fused-ring (bicyclic) bond motifs is 1. The summed E-state index contributed by atoms with van der Waals surface area (Å²) in [6.45, 7) is 3.40. The number of aromatic nitrogens is 4. The predicted octanol–water partition coefficient (Wildman–Crippen LogP) is 1.15. The number of hydrogen-bond acceptors (Lipinski definition) is 9. The van der Waals surface area contributed by atoms with Gasteiger partial charge < -0.3 is 26.0 Å². The van der Waals surface area contributed by atoms with Crippen molar-refractivity contribution in [3.05, 3.63) is 47.8 Å². The minimum absolute atomic E-state index is 0.216. The van der Waals surface area contributed by atoms with Crippen molar-refractivity contribution in [3.63, 3.8) is 0 Å². The molecule has 10 nitrogen and oxygen atoms in total. The summed E-state index contributed by atoms with van der Waals surface area (Å²) in [6.07, 6.45) is 4.12. The number of carbonyl (C=O) groups excluding carboxylic acids is 1. The molecule has 3 aromatic rings. The van der Waals surface area contributed by atoms with E-state index < -0.39 is 5.91 Å². The van der Waals surface area contributed by atoms with Crippen LogP contribution in [0.1, 0.15) is 15.9 Å². The van der Waals surface area contributed by atoms with Crippen molar-refractivity contribution in [1.82, 2.24) is 19.9 Å². The minimum atomic E-state index is -0.460. The van der Waals surface area contributed by atoms with Crippen molar-refractivity contribution in [2.75, 3.05) is 48.4 Å². The van der Waals surface area contributed by atoms with Gasteiger partial charge in [-0.1, -0.05) is 6.07 Å². The van der Waals surface area contributed by atoms with Crippen LogP contribution in [0.4, 0.5) is 23.4 Å². The molecule has 4 N–H and O–H groups in total. The summed E-state index contributed by atoms with van der Waals surface area (Å²) in [7, 11) is 0. The van der Waals surface area contributed by atoms with Crippen LogP contribution in [-0.4, -0.2) is 58.7 Å². The molecule has 2 aliphatic rings. The summed E-state index contributed by atoms with van der Waals surface area (Å²) in [5.41, 5.74) is 15.1. The van der Waals surface area contributed by atoms with Crippen molar-refractivity contribution < 1.29 is 9.53 Å². The van der Waals surface area contributed by atoms with E-state index in [2.05, 4.69) is 19.8 Å². The quantitative estimate of drug-likeness (QED) is 0.639. The maximum absolute atomic E-state index is 11.7. The first-order chi connectivity index (χ1) is 15.1. The fourth-order valence-electron chi connectivity index (χ4n) is 3.93. The molecule has 1 fully saturated rings. The van der Waals surface area contributed by atoms with Gasteiger partial charge in [0.15, 0.2) is 0 Å². The summed E-state index contributed by atoms with van der Waals surface area (Å²) < 4.78 is 5.48. The van der Waals surface area contributed by atoms with Crippen LogP contribution in [0.25, 0.3) is 11.3 Å². The van der Waals surface area contributed by atoms with E-state index in [-0.39, 0.29) is 5.95 Å². The van der Waals surface area contributed by atoms with Crippen LogP contribution in [0.5, 0.6) is 0 Å². The molecule has 1 amide bonds. The average molecular weight is 418 g/mol. The molecule has 158 valence electrons. The van der Waals surface area contributed by atoms with Gasteiger partial charge in [0.2, 0.25) is 17.8 Å². The lowest BCUT2D eigenvalue weighted by Gasteiger charge is -2.28. The molecule has 0 aliphatic carbocycles. The third-order valence-electron chi connectivity index (χ3n) is 5.50. The maximum Gasteiger partial charge on any atom is 0.248 e. The third-order valence-corrected chi connectivity index (χ3v) is 5.50. The number of hydrogen-bond donors (Lipinski definition) is 2. The first kappa shape index (κ1) is 19.2. The van der Waals surface area contributed by atoms with Gasteiger partial charge in [0.05, 0.1) is 18.9 Å². The van der Waals surface area contributed by atoms with Crippen LogP contribution in [-0.2, 0) is 11.2 Å². The van der Waals surface area contributed by atoms with Crippen molar-refractivity contribution in [2.24, 2.45) is 5.73 Å². The molecular weight excluding hydrogens is 396 g/mol. The van der Waals surface area contributed by atoms with E-state index in [9.17, 15) is 4.79 Å². The van der Waals surface area contributed by atoms with Gasteiger partial charge in [-0.25, -0.2) is 15.0 Å². The zero-order valence-electron chi connectivity index (χ0n) is 16.9. The maximum atomic E-state index is 11.7. The lowest BCUT2D eigenvalue weighted by molar-refractivity contribution is 0.100. The van der Waals surface area contributed by atoms with E-state index in [0.717, 1.165) is 34.7 Å². The zero-order valence-corrected chi connectivity index (χ0v) is 16.9. The molecule has 5 rings (SSSR count). The third kappa shape index (κ3) is 3.61. The molecule has 10 heteroatoms. The average Bonchev–Trinajstić information content (AvgIpc) is 3.24. The van der Waals surface area contributed by atoms with Crippen LogP contribution in [0.15, 0.2) is 36.7 Å². The fourth-order valence-corrected chi connectivity index (χ4v) is 3.93. The summed E-state index contributed by atoms with van der Waals surface area (Å²) >= 11 is 0. The Morgan fingerprint density at radius 2 is 1.84 bits per heavy atom. The molecular formula is C21H22N8O2. The van der Waals surface area contributed by atoms with Crippen LogP contribution in [0.2, 0.25) is 0 Å². The predicted molar refractivity (Wildman–Crippen MR) is 116 cm³/mol. The van der Waals surface area contributed by atoms with Gasteiger partial charge in [0.1, 0.15) is 5.82 Å². The number of primary amides is 1. The van der Waals surface area contributed by atoms with Crippen LogP contribution in [0.3, 0.4) is 0 Å². The highest BCUT2D eigenvalue weighted by Crippen LogP contribution is 2.39. The van der Waals surface area contributed by atoms with Crippen molar-refractivity contribution >= 4 is 29.3 Å². The summed E-state index contributed by atoms with van der Waals surface area (Å²) in [6, 6.07) is 7.27. The Labute approximate surface area is 178 Å². The first-order valence-corrected chi connectivity index (χ1v) is 10.1. The van der Waals surface area contributed by atoms with Gasteiger partial charge in [0.25, 0.3) is 0 Å². The van der Waals surface area contributed by atoms with Crippen LogP contribution < -0.4 is 21.3 Å². The number of ether oxygens (including phenoxy) is 1. The van der Waals surface area contributed by atoms with Gasteiger partial charge in [0, 0.05) is 54.4 Å². The summed E-state index contributed by atoms with van der Waals surface area (Å²) in [5, 5.41) is 0. The van der Waals surface area contributed by atoms with Gasteiger partial charge in [-0.3, -0.25) is 4.79 Å². The van der Waals surface area contributed by atoms with Gasteiger partial charge in [-0.05, 0) is 24.6 Å². The molecule has 1 saturated heterocycles. The number of morpholine rings is 1. The standard InChI is InChI=1S/C21H22N8O2/c22-18(30)13-2-1-3-15(10-13)29-5-4-16-17(14-11-24-20(23)25-12-14)26-21(27-19(16)29)28-6-8-31-9-7-28/h1-3,10-12H,4-9H2,(H2,22,30)(H2,23,24,25). The summed E-state index contributed by atoms with van der Waals surface area (Å²) in [5.74, 6) is 1.20. The Morgan fingerprint density at radius 1 is 1.06 bits per heavy atom. The molecule has 0 bridgehead atoms. The highest BCUT2D eigenvalue weighted by molar-refractivity contribution is 5.94. The largest absolute Gasteiger partial charge is 0.378 e. The smallest absolute Gasteiger partial charge is 0.248 e. The Morgan fingerprint density at radius 3 is 2.58 bits per heavy atom. The number of benzene rings is 1. The van der Waals surface area contributed by atoms with E-state index in [1.54, 1.807) is 24.5 Å². The second-order valence-electron chi connectivity index (χ2n) is 7.42. The normalized spacial score (nSPS) is 15.7. The number of anilines is 4. The van der Waals surface area contributed by atoms with Crippen molar-refractivity contribution in [2.45, 2.75) is 6.42 Å². The highest BCUT2D eigenvalue weighted by atomic mass is 16.5. The highest BCUT2D eigenvalue weighted by Gasteiger charge is 2.29. The number of carbonyl (C=O) groups is 1. The lowest BCUT2D eigenvalue weighted by atomic mass is 10.1. The summed E-state index contributed by atoms with van der Waals surface area (Å²) in [4.78, 5) is 34.0. The molecule has 2 aliphatic heterocycles. The second kappa shape index (κ2) is 7.80. The Balaban J connectivity index is 1.63. The monoisotopic (exact) mass is 418 g/mol. The minimum Gasteiger partial charge on any atom is -0.378 e. The van der Waals surface area contributed by atoms with E-state index in [1.165, 1.54) is 0 Å². The molecule has 0 atom stereocenters. The fraction of sp³-hybridized carbons (Fsp3) is 0.286. The molecule has 0 spiro atoms. The molecule has 31 heavy (non-hydrogen) atoms. The number of nitrogens with two attached hydrogens (primary N) is 2. The van der Waals surface area contributed by atoms with E-state index >= 15 is 0 Å². The Hall–Kier alpha value is -3.79. The van der Waals surface area contributed by atoms with Crippen LogP contribution in [0, 0.1) is 0 Å². The van der Waals surface area contributed by atoms with Gasteiger partial charge in [-0.15, -0.1) is 0 Å². The number of rotatable bonds is 4. The molecule has 0 saturated carbocycles. The lowest BCUT2D eigenvalue weighted by Crippen LogP contribution is -2.37. The molecule has 0 radical (unpaired) electrons.